The first-order valence-corrected chi connectivity index (χ1v) is 4.73. The van der Waals surface area contributed by atoms with Crippen LogP contribution in [-0.2, 0) is 14.3 Å². The topological polar surface area (TPSA) is 66.8 Å². The molecule has 0 spiro atoms. The number of likely N-dealkylation sites (tertiary alicyclic amines) is 1. The fourth-order valence-corrected chi connectivity index (χ4v) is 1.33. The van der Waals surface area contributed by atoms with Gasteiger partial charge in [-0.05, 0) is 19.8 Å². The van der Waals surface area contributed by atoms with Crippen LogP contribution in [0.25, 0.3) is 0 Å². The molecule has 0 saturated carbocycles. The summed E-state index contributed by atoms with van der Waals surface area (Å²) in [7, 11) is 0. The van der Waals surface area contributed by atoms with E-state index < -0.39 is 12.1 Å². The van der Waals surface area contributed by atoms with E-state index in [1.165, 1.54) is 6.92 Å². The average molecular weight is 201 g/mol. The van der Waals surface area contributed by atoms with Crippen LogP contribution >= 0.6 is 0 Å². The van der Waals surface area contributed by atoms with Crippen molar-refractivity contribution >= 4 is 11.9 Å². The first kappa shape index (κ1) is 11.0. The van der Waals surface area contributed by atoms with E-state index in [4.69, 9.17) is 9.84 Å². The highest BCUT2D eigenvalue weighted by Gasteiger charge is 2.20. The van der Waals surface area contributed by atoms with Gasteiger partial charge in [-0.25, -0.2) is 4.79 Å². The van der Waals surface area contributed by atoms with Gasteiger partial charge in [-0.3, -0.25) is 4.79 Å². The Morgan fingerprint density at radius 2 is 2.00 bits per heavy atom. The quantitative estimate of drug-likeness (QED) is 0.700. The van der Waals surface area contributed by atoms with Crippen LogP contribution in [0.5, 0.6) is 0 Å². The number of carboxylic acids is 1. The molecule has 1 saturated heterocycles. The second kappa shape index (κ2) is 4.95. The molecule has 1 atom stereocenters. The van der Waals surface area contributed by atoms with E-state index in [1.807, 2.05) is 0 Å². The summed E-state index contributed by atoms with van der Waals surface area (Å²) >= 11 is 0. The minimum absolute atomic E-state index is 0.115. The van der Waals surface area contributed by atoms with Crippen LogP contribution in [0.15, 0.2) is 0 Å². The van der Waals surface area contributed by atoms with Crippen LogP contribution in [0.1, 0.15) is 19.8 Å². The van der Waals surface area contributed by atoms with Gasteiger partial charge < -0.3 is 14.7 Å². The van der Waals surface area contributed by atoms with Crippen molar-refractivity contribution in [3.63, 3.8) is 0 Å². The maximum Gasteiger partial charge on any atom is 0.332 e. The molecule has 1 aliphatic heterocycles. The summed E-state index contributed by atoms with van der Waals surface area (Å²) in [6, 6.07) is 0. The third-order valence-corrected chi connectivity index (χ3v) is 2.26. The third kappa shape index (κ3) is 2.99. The van der Waals surface area contributed by atoms with Crippen LogP contribution < -0.4 is 0 Å². The Bertz CT molecular complexity index is 223. The van der Waals surface area contributed by atoms with Crippen LogP contribution in [-0.4, -0.2) is 47.7 Å². The fraction of sp³-hybridized carbons (Fsp3) is 0.778. The highest BCUT2D eigenvalue weighted by atomic mass is 16.5. The van der Waals surface area contributed by atoms with Crippen molar-refractivity contribution in [2.75, 3.05) is 19.7 Å². The highest BCUT2D eigenvalue weighted by Crippen LogP contribution is 2.07. The molecule has 14 heavy (non-hydrogen) atoms. The Morgan fingerprint density at radius 3 is 2.50 bits per heavy atom. The van der Waals surface area contributed by atoms with Gasteiger partial charge in [0.25, 0.3) is 0 Å². The zero-order valence-electron chi connectivity index (χ0n) is 8.23. The fourth-order valence-electron chi connectivity index (χ4n) is 1.33. The lowest BCUT2D eigenvalue weighted by Gasteiger charge is -2.16. The first-order chi connectivity index (χ1) is 6.61. The molecular formula is C9H15NO4. The van der Waals surface area contributed by atoms with Crippen LogP contribution in [0.3, 0.4) is 0 Å². The van der Waals surface area contributed by atoms with E-state index in [0.29, 0.717) is 0 Å². The molecular weight excluding hydrogens is 186 g/mol. The second-order valence-electron chi connectivity index (χ2n) is 3.38. The van der Waals surface area contributed by atoms with Crippen molar-refractivity contribution in [3.8, 4) is 0 Å². The van der Waals surface area contributed by atoms with E-state index in [1.54, 1.807) is 4.90 Å². The maximum atomic E-state index is 11.4. The molecule has 1 N–H and O–H groups in total. The van der Waals surface area contributed by atoms with Gasteiger partial charge in [0, 0.05) is 13.1 Å². The number of amides is 1. The van der Waals surface area contributed by atoms with Crippen molar-refractivity contribution in [1.29, 1.82) is 0 Å². The molecule has 0 bridgehead atoms. The minimum Gasteiger partial charge on any atom is -0.479 e. The number of aliphatic carboxylic acids is 1. The predicted octanol–water partition coefficient (Wildman–Crippen LogP) is 0.0985. The average Bonchev–Trinajstić information content (AvgIpc) is 2.66. The van der Waals surface area contributed by atoms with Gasteiger partial charge in [-0.15, -0.1) is 0 Å². The second-order valence-corrected chi connectivity index (χ2v) is 3.38. The lowest BCUT2D eigenvalue weighted by atomic mass is 10.4. The van der Waals surface area contributed by atoms with E-state index in [9.17, 15) is 9.59 Å². The number of rotatable bonds is 4. The smallest absolute Gasteiger partial charge is 0.332 e. The number of carbonyl (C=O) groups is 2. The molecule has 0 radical (unpaired) electrons. The van der Waals surface area contributed by atoms with Gasteiger partial charge in [-0.1, -0.05) is 0 Å². The SMILES string of the molecule is C[C@@H](OCC(=O)N1CCCC1)C(=O)O. The Kier molecular flexibility index (Phi) is 3.88. The summed E-state index contributed by atoms with van der Waals surface area (Å²) in [4.78, 5) is 23.5. The van der Waals surface area contributed by atoms with Crippen LogP contribution in [0, 0.1) is 0 Å². The molecule has 80 valence electrons. The molecule has 1 rings (SSSR count). The normalized spacial score (nSPS) is 18.2. The lowest BCUT2D eigenvalue weighted by molar-refractivity contribution is -0.152. The number of nitrogens with zero attached hydrogens (tertiary/aromatic N) is 1. The van der Waals surface area contributed by atoms with Crippen molar-refractivity contribution < 1.29 is 19.4 Å². The molecule has 5 heteroatoms. The summed E-state index contributed by atoms with van der Waals surface area (Å²) in [5.41, 5.74) is 0. The van der Waals surface area contributed by atoms with Crippen molar-refractivity contribution in [2.45, 2.75) is 25.9 Å². The van der Waals surface area contributed by atoms with Crippen LogP contribution in [0.2, 0.25) is 0 Å². The molecule has 1 aliphatic rings. The minimum atomic E-state index is -1.04. The highest BCUT2D eigenvalue weighted by molar-refractivity contribution is 5.78. The van der Waals surface area contributed by atoms with Crippen molar-refractivity contribution in [2.24, 2.45) is 0 Å². The first-order valence-electron chi connectivity index (χ1n) is 4.73. The number of carboxylic acid groups (broad SMARTS) is 1. The van der Waals surface area contributed by atoms with Crippen molar-refractivity contribution in [3.05, 3.63) is 0 Å². The molecule has 0 aliphatic carbocycles. The number of hydrogen-bond acceptors (Lipinski definition) is 3. The number of hydrogen-bond donors (Lipinski definition) is 1. The van der Waals surface area contributed by atoms with Gasteiger partial charge in [-0.2, -0.15) is 0 Å². The van der Waals surface area contributed by atoms with E-state index in [2.05, 4.69) is 0 Å². The Morgan fingerprint density at radius 1 is 1.43 bits per heavy atom. The largest absolute Gasteiger partial charge is 0.479 e. The third-order valence-electron chi connectivity index (χ3n) is 2.26. The lowest BCUT2D eigenvalue weighted by Crippen LogP contribution is -2.33. The molecule has 0 aromatic rings. The molecule has 5 nitrogen and oxygen atoms in total. The molecule has 1 amide bonds. The van der Waals surface area contributed by atoms with E-state index in [0.717, 1.165) is 25.9 Å². The Balaban J connectivity index is 2.23. The summed E-state index contributed by atoms with van der Waals surface area (Å²) < 4.78 is 4.89. The van der Waals surface area contributed by atoms with E-state index >= 15 is 0 Å². The Hall–Kier alpha value is -1.10. The van der Waals surface area contributed by atoms with E-state index in [-0.39, 0.29) is 12.5 Å². The number of carbonyl (C=O) groups excluding carboxylic acids is 1. The monoisotopic (exact) mass is 201 g/mol. The summed E-state index contributed by atoms with van der Waals surface area (Å²) in [5, 5.41) is 8.51. The standard InChI is InChI=1S/C9H15NO4/c1-7(9(12)13)14-6-8(11)10-4-2-3-5-10/h7H,2-6H2,1H3,(H,12,13)/t7-/m1/s1. The summed E-state index contributed by atoms with van der Waals surface area (Å²) in [6.07, 6.45) is 1.14. The molecule has 1 heterocycles. The summed E-state index contributed by atoms with van der Waals surface area (Å²) in [6.45, 7) is 2.82. The molecule has 0 aromatic carbocycles. The van der Waals surface area contributed by atoms with Gasteiger partial charge in [0.1, 0.15) is 6.61 Å². The zero-order valence-corrected chi connectivity index (χ0v) is 8.23. The maximum absolute atomic E-state index is 11.4. The molecule has 1 fully saturated rings. The molecule has 0 unspecified atom stereocenters. The zero-order chi connectivity index (χ0) is 10.6. The van der Waals surface area contributed by atoms with Gasteiger partial charge >= 0.3 is 5.97 Å². The van der Waals surface area contributed by atoms with Crippen molar-refractivity contribution in [1.82, 2.24) is 4.90 Å². The summed E-state index contributed by atoms with van der Waals surface area (Å²) in [5.74, 6) is -1.16. The Labute approximate surface area is 82.6 Å². The number of ether oxygens (including phenoxy) is 1. The van der Waals surface area contributed by atoms with Gasteiger partial charge in [0.05, 0.1) is 0 Å². The van der Waals surface area contributed by atoms with Gasteiger partial charge in [0.15, 0.2) is 6.10 Å². The van der Waals surface area contributed by atoms with Gasteiger partial charge in [0.2, 0.25) is 5.91 Å². The molecule has 0 aromatic heterocycles. The predicted molar refractivity (Wildman–Crippen MR) is 48.9 cm³/mol. The van der Waals surface area contributed by atoms with Crippen LogP contribution in [0.4, 0.5) is 0 Å².